The molecule has 4 aromatic rings. The van der Waals surface area contributed by atoms with E-state index in [4.69, 9.17) is 13.6 Å². The SMILES string of the molecule is Cc1ocnc1-c1nnc(-c2cc(OCc3ccccc3)ccc2[N+](=O)[O-])o1. The number of aromatic nitrogens is 3. The van der Waals surface area contributed by atoms with Crippen molar-refractivity contribution in [1.82, 2.24) is 15.2 Å². The van der Waals surface area contributed by atoms with Crippen molar-refractivity contribution in [3.8, 4) is 28.8 Å². The van der Waals surface area contributed by atoms with Gasteiger partial charge in [0.1, 0.15) is 23.7 Å². The predicted molar refractivity (Wildman–Crippen MR) is 97.4 cm³/mol. The molecule has 0 amide bonds. The highest BCUT2D eigenvalue weighted by atomic mass is 16.6. The standard InChI is InChI=1S/C19H14N4O5/c1-12-17(20-11-27-12)19-22-21-18(28-19)15-9-14(7-8-16(15)23(24)25)26-10-13-5-3-2-4-6-13/h2-9,11H,10H2,1H3. The van der Waals surface area contributed by atoms with Gasteiger partial charge in [-0.2, -0.15) is 0 Å². The molecule has 9 heteroatoms. The van der Waals surface area contributed by atoms with E-state index in [-0.39, 0.29) is 23.0 Å². The van der Waals surface area contributed by atoms with Gasteiger partial charge in [-0.3, -0.25) is 10.1 Å². The highest BCUT2D eigenvalue weighted by Crippen LogP contribution is 2.34. The quantitative estimate of drug-likeness (QED) is 0.362. The maximum atomic E-state index is 11.4. The molecule has 2 aromatic carbocycles. The Morgan fingerprint density at radius 3 is 2.61 bits per heavy atom. The number of rotatable bonds is 6. The van der Waals surface area contributed by atoms with Crippen LogP contribution in [0.15, 0.2) is 63.8 Å². The number of nitro groups is 1. The molecule has 0 saturated heterocycles. The first-order valence-corrected chi connectivity index (χ1v) is 8.31. The highest BCUT2D eigenvalue weighted by Gasteiger charge is 2.23. The number of oxazole rings is 1. The molecule has 0 aliphatic rings. The predicted octanol–water partition coefficient (Wildman–Crippen LogP) is 4.19. The summed E-state index contributed by atoms with van der Waals surface area (Å²) in [6, 6.07) is 14.0. The fourth-order valence-corrected chi connectivity index (χ4v) is 2.61. The summed E-state index contributed by atoms with van der Waals surface area (Å²) in [5.41, 5.74) is 1.36. The average molecular weight is 378 g/mol. The Morgan fingerprint density at radius 1 is 1.11 bits per heavy atom. The topological polar surface area (TPSA) is 117 Å². The second-order valence-electron chi connectivity index (χ2n) is 5.88. The zero-order valence-corrected chi connectivity index (χ0v) is 14.7. The second kappa shape index (κ2) is 7.31. The second-order valence-corrected chi connectivity index (χ2v) is 5.88. The van der Waals surface area contributed by atoms with Crippen molar-refractivity contribution in [3.05, 3.63) is 76.4 Å². The Kier molecular flexibility index (Phi) is 4.55. The van der Waals surface area contributed by atoms with Gasteiger partial charge in [-0.15, -0.1) is 10.2 Å². The molecule has 140 valence electrons. The number of hydrogen-bond acceptors (Lipinski definition) is 8. The molecule has 0 bridgehead atoms. The third-order valence-electron chi connectivity index (χ3n) is 4.02. The van der Waals surface area contributed by atoms with Crippen LogP contribution >= 0.6 is 0 Å². The fourth-order valence-electron chi connectivity index (χ4n) is 2.61. The van der Waals surface area contributed by atoms with Crippen LogP contribution in [-0.4, -0.2) is 20.1 Å². The van der Waals surface area contributed by atoms with Crippen molar-refractivity contribution >= 4 is 5.69 Å². The van der Waals surface area contributed by atoms with Crippen LogP contribution < -0.4 is 4.74 Å². The van der Waals surface area contributed by atoms with Crippen LogP contribution in [0.25, 0.3) is 23.0 Å². The molecule has 0 N–H and O–H groups in total. The Morgan fingerprint density at radius 2 is 1.89 bits per heavy atom. The molecule has 0 unspecified atom stereocenters. The number of ether oxygens (including phenoxy) is 1. The van der Waals surface area contributed by atoms with Crippen LogP contribution in [0.4, 0.5) is 5.69 Å². The van der Waals surface area contributed by atoms with Crippen molar-refractivity contribution in [2.75, 3.05) is 0 Å². The maximum Gasteiger partial charge on any atom is 0.282 e. The van der Waals surface area contributed by atoms with E-state index in [0.717, 1.165) is 5.56 Å². The van der Waals surface area contributed by atoms with Crippen LogP contribution in [0.2, 0.25) is 0 Å². The lowest BCUT2D eigenvalue weighted by molar-refractivity contribution is -0.384. The van der Waals surface area contributed by atoms with Gasteiger partial charge in [0.05, 0.1) is 4.92 Å². The molecule has 0 fully saturated rings. The van der Waals surface area contributed by atoms with Gasteiger partial charge >= 0.3 is 0 Å². The number of aryl methyl sites for hydroxylation is 1. The first-order valence-electron chi connectivity index (χ1n) is 8.31. The molecular weight excluding hydrogens is 364 g/mol. The summed E-state index contributed by atoms with van der Waals surface area (Å²) in [7, 11) is 0. The third kappa shape index (κ3) is 3.45. The van der Waals surface area contributed by atoms with E-state index in [2.05, 4.69) is 15.2 Å². The molecule has 0 atom stereocenters. The van der Waals surface area contributed by atoms with Crippen molar-refractivity contribution < 1.29 is 18.5 Å². The normalized spacial score (nSPS) is 10.8. The van der Waals surface area contributed by atoms with E-state index in [0.29, 0.717) is 23.8 Å². The molecule has 2 aromatic heterocycles. The monoisotopic (exact) mass is 378 g/mol. The van der Waals surface area contributed by atoms with Gasteiger partial charge in [-0.25, -0.2) is 4.98 Å². The molecule has 9 nitrogen and oxygen atoms in total. The van der Waals surface area contributed by atoms with Crippen molar-refractivity contribution in [3.63, 3.8) is 0 Å². The third-order valence-corrected chi connectivity index (χ3v) is 4.02. The molecule has 0 spiro atoms. The zero-order valence-electron chi connectivity index (χ0n) is 14.7. The average Bonchev–Trinajstić information content (AvgIpc) is 3.35. The van der Waals surface area contributed by atoms with Gasteiger partial charge in [0.25, 0.3) is 17.5 Å². The first kappa shape index (κ1) is 17.4. The van der Waals surface area contributed by atoms with E-state index in [1.165, 1.54) is 24.6 Å². The van der Waals surface area contributed by atoms with E-state index in [9.17, 15) is 10.1 Å². The molecular formula is C19H14N4O5. The molecule has 0 aliphatic carbocycles. The maximum absolute atomic E-state index is 11.4. The minimum atomic E-state index is -0.512. The van der Waals surface area contributed by atoms with Crippen molar-refractivity contribution in [2.24, 2.45) is 0 Å². The smallest absolute Gasteiger partial charge is 0.282 e. The zero-order chi connectivity index (χ0) is 19.5. The summed E-state index contributed by atoms with van der Waals surface area (Å²) in [5, 5.41) is 19.3. The fraction of sp³-hybridized carbons (Fsp3) is 0.105. The lowest BCUT2D eigenvalue weighted by Gasteiger charge is -2.07. The number of benzene rings is 2. The van der Waals surface area contributed by atoms with Crippen LogP contribution in [0.3, 0.4) is 0 Å². The summed E-state index contributed by atoms with van der Waals surface area (Å²) in [6.07, 6.45) is 1.26. The molecule has 0 aliphatic heterocycles. The van der Waals surface area contributed by atoms with Gasteiger partial charge in [-0.1, -0.05) is 30.3 Å². The largest absolute Gasteiger partial charge is 0.489 e. The molecule has 4 rings (SSSR count). The van der Waals surface area contributed by atoms with E-state index >= 15 is 0 Å². The van der Waals surface area contributed by atoms with Crippen molar-refractivity contribution in [2.45, 2.75) is 13.5 Å². The number of nitrogens with zero attached hydrogens (tertiary/aromatic N) is 4. The van der Waals surface area contributed by atoms with Gasteiger partial charge in [0.2, 0.25) is 0 Å². The number of nitro benzene ring substituents is 1. The van der Waals surface area contributed by atoms with E-state index in [1.54, 1.807) is 6.92 Å². The van der Waals surface area contributed by atoms with E-state index < -0.39 is 4.92 Å². The summed E-state index contributed by atoms with van der Waals surface area (Å²) in [6.45, 7) is 2.03. The summed E-state index contributed by atoms with van der Waals surface area (Å²) in [4.78, 5) is 14.9. The van der Waals surface area contributed by atoms with Gasteiger partial charge in [-0.05, 0) is 24.6 Å². The van der Waals surface area contributed by atoms with Crippen LogP contribution in [-0.2, 0) is 6.61 Å². The Hall–Kier alpha value is -4.01. The lowest BCUT2D eigenvalue weighted by atomic mass is 10.1. The van der Waals surface area contributed by atoms with E-state index in [1.807, 2.05) is 30.3 Å². The van der Waals surface area contributed by atoms with Gasteiger partial charge < -0.3 is 13.6 Å². The first-order chi connectivity index (χ1) is 13.6. The number of hydrogen-bond donors (Lipinski definition) is 0. The summed E-state index contributed by atoms with van der Waals surface area (Å²) < 4.78 is 16.5. The van der Waals surface area contributed by atoms with Crippen LogP contribution in [0.1, 0.15) is 11.3 Å². The Labute approximate surface area is 158 Å². The molecule has 0 saturated carbocycles. The van der Waals surface area contributed by atoms with Crippen molar-refractivity contribution in [1.29, 1.82) is 0 Å². The van der Waals surface area contributed by atoms with Crippen LogP contribution in [0.5, 0.6) is 5.75 Å². The van der Waals surface area contributed by atoms with Gasteiger partial charge in [0, 0.05) is 6.07 Å². The lowest BCUT2D eigenvalue weighted by Crippen LogP contribution is -1.97. The van der Waals surface area contributed by atoms with Gasteiger partial charge in [0.15, 0.2) is 12.1 Å². The minimum absolute atomic E-state index is 0.00531. The Balaban J connectivity index is 1.66. The van der Waals surface area contributed by atoms with Crippen LogP contribution in [0, 0.1) is 17.0 Å². The highest BCUT2D eigenvalue weighted by molar-refractivity contribution is 5.69. The Bertz CT molecular complexity index is 1120. The molecule has 0 radical (unpaired) electrons. The minimum Gasteiger partial charge on any atom is -0.489 e. The summed E-state index contributed by atoms with van der Waals surface area (Å²) in [5.74, 6) is 1.06. The molecule has 28 heavy (non-hydrogen) atoms. The molecule has 2 heterocycles. The summed E-state index contributed by atoms with van der Waals surface area (Å²) >= 11 is 0.